The molecule has 0 saturated heterocycles. The lowest BCUT2D eigenvalue weighted by atomic mass is 10.1. The van der Waals surface area contributed by atoms with Gasteiger partial charge in [0.15, 0.2) is 0 Å². The first-order valence-corrected chi connectivity index (χ1v) is 5.67. The van der Waals surface area contributed by atoms with E-state index < -0.39 is 6.29 Å². The number of halogens is 2. The topological polar surface area (TPSA) is 45.8 Å². The number of aromatic nitrogens is 2. The molecule has 1 N–H and O–H groups in total. The zero-order valence-electron chi connectivity index (χ0n) is 10.5. The zero-order valence-corrected chi connectivity index (χ0v) is 10.5. The summed E-state index contributed by atoms with van der Waals surface area (Å²) >= 11 is 0. The van der Waals surface area contributed by atoms with Gasteiger partial charge in [0.1, 0.15) is 0 Å². The molecule has 19 heavy (non-hydrogen) atoms. The van der Waals surface area contributed by atoms with E-state index in [2.05, 4.69) is 41.2 Å². The minimum atomic E-state index is -2.83. The highest BCUT2D eigenvalue weighted by molar-refractivity contribution is 6.07. The molecule has 0 aliphatic heterocycles. The van der Waals surface area contributed by atoms with Crippen LogP contribution in [0.1, 0.15) is 11.3 Å². The number of fused-ring (bicyclic) bond motifs is 3. The number of H-pyrrole nitrogens is 1. The summed E-state index contributed by atoms with van der Waals surface area (Å²) in [4.78, 5) is 15.8. The smallest absolute Gasteiger partial charge is 0.353 e. The van der Waals surface area contributed by atoms with Gasteiger partial charge in [0, 0.05) is 22.5 Å². The van der Waals surface area contributed by atoms with E-state index in [4.69, 9.17) is 4.79 Å². The van der Waals surface area contributed by atoms with Gasteiger partial charge in [-0.1, -0.05) is 12.1 Å². The molecule has 3 nitrogen and oxygen atoms in total. The molecule has 0 unspecified atom stereocenters. The van der Waals surface area contributed by atoms with Crippen LogP contribution < -0.4 is 0 Å². The quantitative estimate of drug-likeness (QED) is 0.611. The molecule has 98 valence electrons. The van der Waals surface area contributed by atoms with Crippen molar-refractivity contribution in [3.8, 4) is 0 Å². The predicted molar refractivity (Wildman–Crippen MR) is 70.7 cm³/mol. The van der Waals surface area contributed by atoms with Gasteiger partial charge < -0.3 is 4.98 Å². The number of pyridine rings is 1. The largest absolute Gasteiger partial charge is 0.483 e. The van der Waals surface area contributed by atoms with Gasteiger partial charge in [0.2, 0.25) is 0 Å². The lowest BCUT2D eigenvalue weighted by Gasteiger charge is -1.93. The number of benzene rings is 1. The fourth-order valence-electron chi connectivity index (χ4n) is 2.08. The number of nitrogens with one attached hydrogen (secondary N) is 1. The highest BCUT2D eigenvalue weighted by Gasteiger charge is 2.05. The van der Waals surface area contributed by atoms with Crippen molar-refractivity contribution in [2.24, 2.45) is 0 Å². The molecule has 0 fully saturated rings. The first kappa shape index (κ1) is 13.1. The standard InChI is InChI=1S/C13H12N2.CF2O/c1-8-3-4-10-11-5-6-14-9(2)13(11)15-12(10)7-8;2-1(3)4/h3-7,15H,1-2H3;. The van der Waals surface area contributed by atoms with Crippen molar-refractivity contribution in [3.63, 3.8) is 0 Å². The molecule has 0 atom stereocenters. The van der Waals surface area contributed by atoms with Gasteiger partial charge in [-0.3, -0.25) is 4.98 Å². The van der Waals surface area contributed by atoms with Gasteiger partial charge >= 0.3 is 6.29 Å². The molecule has 3 rings (SSSR count). The van der Waals surface area contributed by atoms with Crippen molar-refractivity contribution in [3.05, 3.63) is 41.7 Å². The highest BCUT2D eigenvalue weighted by Crippen LogP contribution is 2.26. The van der Waals surface area contributed by atoms with Crippen LogP contribution in [0.25, 0.3) is 21.8 Å². The molecule has 0 aliphatic rings. The molecule has 1 aromatic carbocycles. The van der Waals surface area contributed by atoms with Gasteiger partial charge in [-0.15, -0.1) is 8.78 Å². The molecule has 0 aliphatic carbocycles. The predicted octanol–water partition coefficient (Wildman–Crippen LogP) is 4.38. The van der Waals surface area contributed by atoms with Crippen molar-refractivity contribution >= 4 is 28.1 Å². The van der Waals surface area contributed by atoms with E-state index in [0.717, 1.165) is 11.2 Å². The van der Waals surface area contributed by atoms with Gasteiger partial charge in [-0.25, -0.2) is 4.79 Å². The second kappa shape index (κ2) is 5.14. The Morgan fingerprint density at radius 3 is 2.53 bits per heavy atom. The normalized spacial score (nSPS) is 10.3. The van der Waals surface area contributed by atoms with Crippen molar-refractivity contribution < 1.29 is 13.6 Å². The second-order valence-corrected chi connectivity index (χ2v) is 4.22. The molecule has 0 saturated carbocycles. The number of rotatable bonds is 0. The molecule has 0 radical (unpaired) electrons. The average Bonchev–Trinajstić information content (AvgIpc) is 2.67. The summed E-state index contributed by atoms with van der Waals surface area (Å²) in [5.74, 6) is 0. The molecular weight excluding hydrogens is 250 g/mol. The van der Waals surface area contributed by atoms with Gasteiger partial charge in [0.25, 0.3) is 0 Å². The van der Waals surface area contributed by atoms with E-state index in [-0.39, 0.29) is 0 Å². The molecular formula is C14H12F2N2O. The molecule has 0 spiro atoms. The third-order valence-corrected chi connectivity index (χ3v) is 2.87. The average molecular weight is 262 g/mol. The third-order valence-electron chi connectivity index (χ3n) is 2.87. The number of aromatic amines is 1. The van der Waals surface area contributed by atoms with E-state index in [1.165, 1.54) is 21.9 Å². The molecule has 0 amide bonds. The second-order valence-electron chi connectivity index (χ2n) is 4.22. The Balaban J connectivity index is 0.000000297. The Bertz CT molecular complexity index is 746. The lowest BCUT2D eigenvalue weighted by molar-refractivity contribution is 0.199. The lowest BCUT2D eigenvalue weighted by Crippen LogP contribution is -1.79. The maximum Gasteiger partial charge on any atom is 0.483 e. The maximum absolute atomic E-state index is 9.69. The summed E-state index contributed by atoms with van der Waals surface area (Å²) in [6.45, 7) is 4.14. The number of hydrogen-bond donors (Lipinski definition) is 1. The number of hydrogen-bond acceptors (Lipinski definition) is 2. The van der Waals surface area contributed by atoms with Crippen LogP contribution in [0.15, 0.2) is 30.5 Å². The Morgan fingerprint density at radius 2 is 1.84 bits per heavy atom. The molecule has 2 aromatic heterocycles. The van der Waals surface area contributed by atoms with Crippen LogP contribution in [0, 0.1) is 13.8 Å². The van der Waals surface area contributed by atoms with Crippen LogP contribution in [0.5, 0.6) is 0 Å². The van der Waals surface area contributed by atoms with Crippen LogP contribution in [-0.2, 0) is 0 Å². The first-order valence-electron chi connectivity index (χ1n) is 5.67. The van der Waals surface area contributed by atoms with Crippen LogP contribution in [0.3, 0.4) is 0 Å². The van der Waals surface area contributed by atoms with Gasteiger partial charge in [-0.05, 0) is 31.5 Å². The summed E-state index contributed by atoms with van der Waals surface area (Å²) in [5, 5.41) is 2.54. The van der Waals surface area contributed by atoms with Crippen molar-refractivity contribution in [1.29, 1.82) is 0 Å². The highest BCUT2D eigenvalue weighted by atomic mass is 19.3. The summed E-state index contributed by atoms with van der Waals surface area (Å²) in [7, 11) is 0. The number of carbonyl (C=O) groups is 1. The Labute approximate surface area is 108 Å². The third kappa shape index (κ3) is 2.76. The van der Waals surface area contributed by atoms with E-state index in [9.17, 15) is 8.78 Å². The molecule has 0 bridgehead atoms. The Kier molecular flexibility index (Phi) is 3.55. The fourth-order valence-corrected chi connectivity index (χ4v) is 2.08. The van der Waals surface area contributed by atoms with Crippen molar-refractivity contribution in [1.82, 2.24) is 9.97 Å². The van der Waals surface area contributed by atoms with E-state index in [1.807, 2.05) is 13.1 Å². The van der Waals surface area contributed by atoms with Crippen LogP contribution in [0.4, 0.5) is 13.6 Å². The molecule has 5 heteroatoms. The summed E-state index contributed by atoms with van der Waals surface area (Å²) in [5.41, 5.74) is 4.68. The van der Waals surface area contributed by atoms with E-state index in [0.29, 0.717) is 0 Å². The van der Waals surface area contributed by atoms with Gasteiger partial charge in [0.05, 0.1) is 11.2 Å². The van der Waals surface area contributed by atoms with Crippen LogP contribution in [-0.4, -0.2) is 16.3 Å². The monoisotopic (exact) mass is 262 g/mol. The molecule has 2 heterocycles. The number of aryl methyl sites for hydroxylation is 2. The van der Waals surface area contributed by atoms with Crippen LogP contribution >= 0.6 is 0 Å². The minimum absolute atomic E-state index is 1.06. The first-order chi connectivity index (χ1) is 8.99. The van der Waals surface area contributed by atoms with Crippen molar-refractivity contribution in [2.75, 3.05) is 0 Å². The van der Waals surface area contributed by atoms with E-state index >= 15 is 0 Å². The number of nitrogens with zero attached hydrogens (tertiary/aromatic N) is 1. The van der Waals surface area contributed by atoms with Crippen molar-refractivity contribution in [2.45, 2.75) is 13.8 Å². The maximum atomic E-state index is 9.69. The zero-order chi connectivity index (χ0) is 14.0. The minimum Gasteiger partial charge on any atom is -0.353 e. The Hall–Kier alpha value is -2.30. The summed E-state index contributed by atoms with van der Waals surface area (Å²) < 4.78 is 19.4. The van der Waals surface area contributed by atoms with E-state index in [1.54, 1.807) is 0 Å². The summed E-state index contributed by atoms with van der Waals surface area (Å²) in [6.07, 6.45) is -0.967. The van der Waals surface area contributed by atoms with Crippen LogP contribution in [0.2, 0.25) is 0 Å². The fraction of sp³-hybridized carbons (Fsp3) is 0.143. The Morgan fingerprint density at radius 1 is 1.16 bits per heavy atom. The summed E-state index contributed by atoms with van der Waals surface area (Å²) in [6, 6.07) is 8.56. The number of carbonyl (C=O) groups excluding carboxylic acids is 1. The molecule has 3 aromatic rings. The SMILES string of the molecule is Cc1ccc2c(c1)[nH]c1c(C)nccc12.O=C(F)F. The van der Waals surface area contributed by atoms with Gasteiger partial charge in [-0.2, -0.15) is 0 Å².